The molecule has 0 radical (unpaired) electrons. The number of hydrogen-bond acceptors (Lipinski definition) is 3. The summed E-state index contributed by atoms with van der Waals surface area (Å²) in [4.78, 5) is 29.0. The maximum Gasteiger partial charge on any atom is 0.261 e. The first-order chi connectivity index (χ1) is 13.8. The minimum absolute atomic E-state index is 0.0346. The third kappa shape index (κ3) is 3.97. The van der Waals surface area contributed by atoms with Gasteiger partial charge in [0.2, 0.25) is 5.43 Å². The molecule has 0 fully saturated rings. The predicted octanol–water partition coefficient (Wildman–Crippen LogP) is 5.39. The van der Waals surface area contributed by atoms with Gasteiger partial charge in [0.25, 0.3) is 5.91 Å². The van der Waals surface area contributed by atoms with Gasteiger partial charge >= 0.3 is 0 Å². The molecule has 3 rings (SSSR count). The van der Waals surface area contributed by atoms with Crippen molar-refractivity contribution in [2.45, 2.75) is 59.3 Å². The Labute approximate surface area is 177 Å². The number of anilines is 1. The number of carbonyl (C=O) groups is 1. The van der Waals surface area contributed by atoms with E-state index in [0.29, 0.717) is 11.1 Å². The van der Waals surface area contributed by atoms with Crippen molar-refractivity contribution in [2.75, 3.05) is 5.32 Å². The highest BCUT2D eigenvalue weighted by molar-refractivity contribution is 6.06. The first kappa shape index (κ1) is 21.6. The average Bonchev–Trinajstić information content (AvgIpc) is 2.60. The molecule has 0 saturated heterocycles. The van der Waals surface area contributed by atoms with Gasteiger partial charge in [0.05, 0.1) is 5.52 Å². The number of phenols is 1. The van der Waals surface area contributed by atoms with Crippen LogP contribution in [-0.4, -0.2) is 16.0 Å². The largest absolute Gasteiger partial charge is 0.508 e. The molecule has 1 amide bonds. The van der Waals surface area contributed by atoms with E-state index in [4.69, 9.17) is 0 Å². The minimum atomic E-state index is -0.506. The number of pyridine rings is 1. The number of aromatic nitrogens is 1. The number of benzene rings is 2. The van der Waals surface area contributed by atoms with Crippen LogP contribution >= 0.6 is 0 Å². The Morgan fingerprint density at radius 2 is 1.63 bits per heavy atom. The Morgan fingerprint density at radius 3 is 2.23 bits per heavy atom. The van der Waals surface area contributed by atoms with Gasteiger partial charge in [-0.2, -0.15) is 0 Å². The highest BCUT2D eigenvalue weighted by atomic mass is 16.3. The van der Waals surface area contributed by atoms with Gasteiger partial charge in [0.1, 0.15) is 11.3 Å². The van der Waals surface area contributed by atoms with Crippen LogP contribution in [0.1, 0.15) is 68.6 Å². The van der Waals surface area contributed by atoms with Crippen LogP contribution in [-0.2, 0) is 10.8 Å². The summed E-state index contributed by atoms with van der Waals surface area (Å²) in [6.07, 6.45) is 1.45. The smallest absolute Gasteiger partial charge is 0.261 e. The summed E-state index contributed by atoms with van der Waals surface area (Å²) in [6.45, 7) is 14.1. The van der Waals surface area contributed by atoms with Crippen LogP contribution < -0.4 is 10.7 Å². The number of hydrogen-bond donors (Lipinski definition) is 3. The van der Waals surface area contributed by atoms with E-state index in [9.17, 15) is 14.7 Å². The lowest BCUT2D eigenvalue weighted by molar-refractivity contribution is 0.102. The summed E-state index contributed by atoms with van der Waals surface area (Å²) < 4.78 is 0. The second-order valence-electron chi connectivity index (χ2n) is 9.90. The van der Waals surface area contributed by atoms with Crippen molar-refractivity contribution in [3.8, 4) is 5.75 Å². The molecule has 0 bridgehead atoms. The molecule has 3 N–H and O–H groups in total. The second kappa shape index (κ2) is 7.31. The standard InChI is InChI=1S/C25H30N2O3/c1-14-9-8-10-15-21(14)26-13-16(22(15)29)23(30)27-19-12-20(28)18(25(5,6)7)11-17(19)24(2,3)4/h8-13,28H,1-7H3,(H,26,29)(H,27,30). The number of phenolic OH excluding ortho intramolecular Hbond substituents is 1. The number of H-pyrrole nitrogens is 1. The topological polar surface area (TPSA) is 82.2 Å². The zero-order valence-electron chi connectivity index (χ0n) is 18.7. The van der Waals surface area contributed by atoms with E-state index in [-0.39, 0.29) is 27.6 Å². The summed E-state index contributed by atoms with van der Waals surface area (Å²) in [7, 11) is 0. The molecule has 5 heteroatoms. The molecule has 3 aromatic rings. The quantitative estimate of drug-likeness (QED) is 0.534. The fraction of sp³-hybridized carbons (Fsp3) is 0.360. The number of para-hydroxylation sites is 1. The molecule has 1 aromatic heterocycles. The maximum atomic E-state index is 13.0. The Morgan fingerprint density at radius 1 is 1.00 bits per heavy atom. The second-order valence-corrected chi connectivity index (χ2v) is 9.90. The van der Waals surface area contributed by atoms with Gasteiger partial charge < -0.3 is 15.4 Å². The van der Waals surface area contributed by atoms with Gasteiger partial charge in [-0.15, -0.1) is 0 Å². The van der Waals surface area contributed by atoms with Crippen LogP contribution in [0.15, 0.2) is 41.3 Å². The van der Waals surface area contributed by atoms with Gasteiger partial charge in [-0.05, 0) is 46.6 Å². The summed E-state index contributed by atoms with van der Waals surface area (Å²) in [6, 6.07) is 8.95. The fourth-order valence-corrected chi connectivity index (χ4v) is 3.67. The van der Waals surface area contributed by atoms with E-state index in [1.807, 2.05) is 60.6 Å². The number of nitrogens with one attached hydrogen (secondary N) is 2. The molecular formula is C25H30N2O3. The number of fused-ring (bicyclic) bond motifs is 1. The Kier molecular flexibility index (Phi) is 5.27. The highest BCUT2D eigenvalue weighted by Gasteiger charge is 2.26. The minimum Gasteiger partial charge on any atom is -0.508 e. The fourth-order valence-electron chi connectivity index (χ4n) is 3.67. The lowest BCUT2D eigenvalue weighted by Gasteiger charge is -2.28. The van der Waals surface area contributed by atoms with E-state index in [1.165, 1.54) is 6.20 Å². The van der Waals surface area contributed by atoms with Crippen molar-refractivity contribution in [3.63, 3.8) is 0 Å². The van der Waals surface area contributed by atoms with Crippen LogP contribution in [0.2, 0.25) is 0 Å². The third-order valence-corrected chi connectivity index (χ3v) is 5.37. The van der Waals surface area contributed by atoms with Crippen molar-refractivity contribution in [1.82, 2.24) is 4.98 Å². The zero-order chi connectivity index (χ0) is 22.4. The third-order valence-electron chi connectivity index (χ3n) is 5.37. The zero-order valence-corrected chi connectivity index (χ0v) is 18.7. The molecular weight excluding hydrogens is 376 g/mol. The number of aryl methyl sites for hydroxylation is 1. The molecule has 2 aromatic carbocycles. The van der Waals surface area contributed by atoms with Gasteiger partial charge in [-0.25, -0.2) is 0 Å². The predicted molar refractivity (Wildman–Crippen MR) is 123 cm³/mol. The van der Waals surface area contributed by atoms with Crippen molar-refractivity contribution in [1.29, 1.82) is 0 Å². The number of amides is 1. The van der Waals surface area contributed by atoms with Crippen LogP contribution in [0.4, 0.5) is 5.69 Å². The molecule has 0 aliphatic carbocycles. The summed E-state index contributed by atoms with van der Waals surface area (Å²) in [5.41, 5.74) is 3.06. The van der Waals surface area contributed by atoms with Crippen LogP contribution in [0.25, 0.3) is 10.9 Å². The molecule has 0 saturated carbocycles. The Balaban J connectivity index is 2.09. The molecule has 0 unspecified atom stereocenters. The molecule has 158 valence electrons. The molecule has 0 atom stereocenters. The summed E-state index contributed by atoms with van der Waals surface area (Å²) >= 11 is 0. The van der Waals surface area contributed by atoms with Gasteiger partial charge in [-0.3, -0.25) is 9.59 Å². The molecule has 30 heavy (non-hydrogen) atoms. The SMILES string of the molecule is Cc1cccc2c(=O)c(C(=O)Nc3cc(O)c(C(C)(C)C)cc3C(C)(C)C)c[nH]c12. The number of carbonyl (C=O) groups excluding carboxylic acids is 1. The number of rotatable bonds is 2. The van der Waals surface area contributed by atoms with E-state index >= 15 is 0 Å². The molecule has 5 nitrogen and oxygen atoms in total. The van der Waals surface area contributed by atoms with E-state index in [2.05, 4.69) is 10.3 Å². The summed E-state index contributed by atoms with van der Waals surface area (Å²) in [5, 5.41) is 13.9. The van der Waals surface area contributed by atoms with Gasteiger partial charge in [0.15, 0.2) is 0 Å². The molecule has 1 heterocycles. The summed E-state index contributed by atoms with van der Waals surface area (Å²) in [5.74, 6) is -0.387. The van der Waals surface area contributed by atoms with Crippen molar-refractivity contribution >= 4 is 22.5 Å². The van der Waals surface area contributed by atoms with E-state index < -0.39 is 5.91 Å². The van der Waals surface area contributed by atoms with Gasteiger partial charge in [-0.1, -0.05) is 53.7 Å². The Bertz CT molecular complexity index is 1190. The number of aromatic amines is 1. The van der Waals surface area contributed by atoms with Crippen LogP contribution in [0.3, 0.4) is 0 Å². The van der Waals surface area contributed by atoms with Crippen molar-refractivity contribution in [3.05, 3.63) is 69.0 Å². The molecule has 0 spiro atoms. The van der Waals surface area contributed by atoms with E-state index in [1.54, 1.807) is 18.2 Å². The average molecular weight is 407 g/mol. The van der Waals surface area contributed by atoms with Crippen molar-refractivity contribution in [2.24, 2.45) is 0 Å². The monoisotopic (exact) mass is 406 g/mol. The van der Waals surface area contributed by atoms with Crippen molar-refractivity contribution < 1.29 is 9.90 Å². The van der Waals surface area contributed by atoms with Crippen LogP contribution in [0, 0.1) is 6.92 Å². The Hall–Kier alpha value is -3.08. The maximum absolute atomic E-state index is 13.0. The number of aromatic hydroxyl groups is 1. The first-order valence-electron chi connectivity index (χ1n) is 10.1. The molecule has 0 aliphatic heterocycles. The van der Waals surface area contributed by atoms with Crippen LogP contribution in [0.5, 0.6) is 5.75 Å². The normalized spacial score (nSPS) is 12.2. The lowest BCUT2D eigenvalue weighted by atomic mass is 9.79. The molecule has 0 aliphatic rings. The first-order valence-corrected chi connectivity index (χ1v) is 10.1. The van der Waals surface area contributed by atoms with E-state index in [0.717, 1.165) is 22.2 Å². The van der Waals surface area contributed by atoms with Gasteiger partial charge in [0, 0.05) is 23.3 Å². The highest BCUT2D eigenvalue weighted by Crippen LogP contribution is 2.39. The lowest BCUT2D eigenvalue weighted by Crippen LogP contribution is -2.25.